The van der Waals surface area contributed by atoms with E-state index in [4.69, 9.17) is 0 Å². The molecule has 2 heterocycles. The molecule has 0 aliphatic heterocycles. The van der Waals surface area contributed by atoms with Crippen molar-refractivity contribution in [3.05, 3.63) is 46.4 Å². The number of carbonyl (C=O) groups excluding carboxylic acids is 1. The number of anilines is 1. The van der Waals surface area contributed by atoms with E-state index in [1.165, 1.54) is 16.4 Å². The first-order valence-corrected chi connectivity index (χ1v) is 8.15. The van der Waals surface area contributed by atoms with Gasteiger partial charge in [0.1, 0.15) is 11.9 Å². The molecule has 0 spiro atoms. The van der Waals surface area contributed by atoms with Crippen molar-refractivity contribution in [2.75, 3.05) is 5.32 Å². The predicted molar refractivity (Wildman–Crippen MR) is 94.3 cm³/mol. The maximum atomic E-state index is 12.3. The number of aromatic nitrogens is 5. The predicted octanol–water partition coefficient (Wildman–Crippen LogP) is 1.68. The summed E-state index contributed by atoms with van der Waals surface area (Å²) < 4.78 is 2.50. The lowest BCUT2D eigenvalue weighted by molar-refractivity contribution is -0.117. The van der Waals surface area contributed by atoms with Gasteiger partial charge in [-0.2, -0.15) is 5.10 Å². The van der Waals surface area contributed by atoms with Gasteiger partial charge < -0.3 is 5.32 Å². The molecule has 130 valence electrons. The second kappa shape index (κ2) is 6.84. The minimum Gasteiger partial charge on any atom is -0.324 e. The van der Waals surface area contributed by atoms with Crippen LogP contribution in [0, 0.1) is 0 Å². The van der Waals surface area contributed by atoms with Crippen LogP contribution in [0.25, 0.3) is 11.0 Å². The van der Waals surface area contributed by atoms with E-state index in [0.29, 0.717) is 22.6 Å². The standard InChI is InChI=1S/C17H20N6O2/c1-4-11(2)12-5-7-13(8-6-12)19-15(24)10-23-17(25)14-9-18-22(3)16(14)20-21-23/h5-9,11H,4,10H2,1-3H3,(H,19,24). The first-order chi connectivity index (χ1) is 12.0. The van der Waals surface area contributed by atoms with Crippen molar-refractivity contribution < 1.29 is 4.79 Å². The molecule has 2 aromatic heterocycles. The van der Waals surface area contributed by atoms with Gasteiger partial charge in [0.25, 0.3) is 5.56 Å². The van der Waals surface area contributed by atoms with Crippen LogP contribution in [0.4, 0.5) is 5.69 Å². The third-order valence-electron chi connectivity index (χ3n) is 4.29. The minimum absolute atomic E-state index is 0.205. The van der Waals surface area contributed by atoms with Crippen LogP contribution >= 0.6 is 0 Å². The maximum absolute atomic E-state index is 12.3. The van der Waals surface area contributed by atoms with E-state index in [9.17, 15) is 9.59 Å². The lowest BCUT2D eigenvalue weighted by Crippen LogP contribution is -2.30. The van der Waals surface area contributed by atoms with Gasteiger partial charge in [0.05, 0.1) is 6.20 Å². The summed E-state index contributed by atoms with van der Waals surface area (Å²) in [5.74, 6) is 0.140. The third-order valence-corrected chi connectivity index (χ3v) is 4.29. The molecule has 8 heteroatoms. The molecule has 1 atom stereocenters. The Bertz CT molecular complexity index is 957. The van der Waals surface area contributed by atoms with Gasteiger partial charge >= 0.3 is 0 Å². The molecule has 0 radical (unpaired) electrons. The number of aryl methyl sites for hydroxylation is 1. The quantitative estimate of drug-likeness (QED) is 0.762. The Morgan fingerprint density at radius 3 is 2.68 bits per heavy atom. The van der Waals surface area contributed by atoms with Gasteiger partial charge in [0.2, 0.25) is 5.91 Å². The molecule has 0 bridgehead atoms. The fourth-order valence-electron chi connectivity index (χ4n) is 2.55. The highest BCUT2D eigenvalue weighted by Crippen LogP contribution is 2.20. The third kappa shape index (κ3) is 3.42. The molecule has 0 fully saturated rings. The van der Waals surface area contributed by atoms with Crippen molar-refractivity contribution in [2.45, 2.75) is 32.7 Å². The van der Waals surface area contributed by atoms with Crippen LogP contribution < -0.4 is 10.9 Å². The van der Waals surface area contributed by atoms with Crippen molar-refractivity contribution in [2.24, 2.45) is 7.05 Å². The van der Waals surface area contributed by atoms with Gasteiger partial charge in [-0.25, -0.2) is 9.36 Å². The smallest absolute Gasteiger partial charge is 0.281 e. The number of hydrogen-bond donors (Lipinski definition) is 1. The van der Waals surface area contributed by atoms with Crippen molar-refractivity contribution in [3.63, 3.8) is 0 Å². The summed E-state index contributed by atoms with van der Waals surface area (Å²) in [6, 6.07) is 7.71. The highest BCUT2D eigenvalue weighted by molar-refractivity contribution is 5.90. The molecule has 0 aliphatic rings. The maximum Gasteiger partial charge on any atom is 0.281 e. The average molecular weight is 340 g/mol. The molecule has 0 saturated heterocycles. The van der Waals surface area contributed by atoms with Gasteiger partial charge in [-0.3, -0.25) is 9.59 Å². The highest BCUT2D eigenvalue weighted by Gasteiger charge is 2.12. The Balaban J connectivity index is 1.72. The molecule has 8 nitrogen and oxygen atoms in total. The Morgan fingerprint density at radius 2 is 2.00 bits per heavy atom. The number of benzene rings is 1. The fraction of sp³-hybridized carbons (Fsp3) is 0.353. The van der Waals surface area contributed by atoms with Crippen LogP contribution in [0.1, 0.15) is 31.7 Å². The highest BCUT2D eigenvalue weighted by atomic mass is 16.2. The second-order valence-corrected chi connectivity index (χ2v) is 6.04. The van der Waals surface area contributed by atoms with Crippen LogP contribution in [0.2, 0.25) is 0 Å². The molecule has 0 saturated carbocycles. The lowest BCUT2D eigenvalue weighted by atomic mass is 9.99. The molecule has 1 N–H and O–H groups in total. The molecule has 3 rings (SSSR count). The molecular formula is C17H20N6O2. The van der Waals surface area contributed by atoms with Crippen LogP contribution in [0.3, 0.4) is 0 Å². The summed E-state index contributed by atoms with van der Waals surface area (Å²) in [7, 11) is 1.68. The van der Waals surface area contributed by atoms with Crippen LogP contribution in [0.5, 0.6) is 0 Å². The molecule has 1 amide bonds. The Kier molecular flexibility index (Phi) is 4.60. The van der Waals surface area contributed by atoms with Gasteiger partial charge in [-0.1, -0.05) is 31.2 Å². The summed E-state index contributed by atoms with van der Waals surface area (Å²) in [6.45, 7) is 4.09. The molecule has 1 unspecified atom stereocenters. The molecular weight excluding hydrogens is 320 g/mol. The van der Waals surface area contributed by atoms with E-state index in [2.05, 4.69) is 34.6 Å². The Labute approximate surface area is 144 Å². The van der Waals surface area contributed by atoms with E-state index < -0.39 is 0 Å². The fourth-order valence-corrected chi connectivity index (χ4v) is 2.55. The summed E-state index contributed by atoms with van der Waals surface area (Å²) in [6.07, 6.45) is 2.48. The molecule has 3 aromatic rings. The van der Waals surface area contributed by atoms with Gasteiger partial charge in [0.15, 0.2) is 5.65 Å². The monoisotopic (exact) mass is 340 g/mol. The number of amides is 1. The number of hydrogen-bond acceptors (Lipinski definition) is 5. The zero-order valence-electron chi connectivity index (χ0n) is 14.4. The largest absolute Gasteiger partial charge is 0.324 e. The molecule has 25 heavy (non-hydrogen) atoms. The molecule has 0 aliphatic carbocycles. The Hall–Kier alpha value is -3.03. The lowest BCUT2D eigenvalue weighted by Gasteiger charge is -2.10. The van der Waals surface area contributed by atoms with Crippen LogP contribution in [-0.4, -0.2) is 30.7 Å². The normalized spacial score (nSPS) is 12.3. The second-order valence-electron chi connectivity index (χ2n) is 6.04. The summed E-state index contributed by atoms with van der Waals surface area (Å²) >= 11 is 0. The Morgan fingerprint density at radius 1 is 1.28 bits per heavy atom. The van der Waals surface area contributed by atoms with Gasteiger partial charge in [-0.05, 0) is 30.0 Å². The summed E-state index contributed by atoms with van der Waals surface area (Å²) in [5.41, 5.74) is 1.91. The van der Waals surface area contributed by atoms with Gasteiger partial charge in [0, 0.05) is 12.7 Å². The topological polar surface area (TPSA) is 94.7 Å². The van der Waals surface area contributed by atoms with Crippen LogP contribution in [0.15, 0.2) is 35.3 Å². The SMILES string of the molecule is CCC(C)c1ccc(NC(=O)Cn2nnc3c(cnn3C)c2=O)cc1. The first kappa shape index (κ1) is 16.8. The summed E-state index contributed by atoms with van der Waals surface area (Å²) in [4.78, 5) is 24.5. The average Bonchev–Trinajstić information content (AvgIpc) is 2.99. The van der Waals surface area contributed by atoms with E-state index >= 15 is 0 Å². The van der Waals surface area contributed by atoms with Crippen molar-refractivity contribution >= 4 is 22.6 Å². The summed E-state index contributed by atoms with van der Waals surface area (Å²) in [5, 5.41) is 14.8. The van der Waals surface area contributed by atoms with E-state index in [1.807, 2.05) is 24.3 Å². The molecule has 1 aromatic carbocycles. The first-order valence-electron chi connectivity index (χ1n) is 8.15. The zero-order chi connectivity index (χ0) is 18.0. The number of fused-ring (bicyclic) bond motifs is 1. The van der Waals surface area contributed by atoms with E-state index in [1.54, 1.807) is 7.05 Å². The number of nitrogens with zero attached hydrogens (tertiary/aromatic N) is 5. The van der Waals surface area contributed by atoms with Crippen molar-refractivity contribution in [1.82, 2.24) is 24.8 Å². The van der Waals surface area contributed by atoms with Gasteiger partial charge in [-0.15, -0.1) is 5.10 Å². The number of rotatable bonds is 5. The minimum atomic E-state index is -0.389. The number of nitrogens with one attached hydrogen (secondary N) is 1. The van der Waals surface area contributed by atoms with E-state index in [0.717, 1.165) is 11.1 Å². The van der Waals surface area contributed by atoms with Crippen molar-refractivity contribution in [1.29, 1.82) is 0 Å². The zero-order valence-corrected chi connectivity index (χ0v) is 14.4. The van der Waals surface area contributed by atoms with Crippen LogP contribution in [-0.2, 0) is 18.4 Å². The van der Waals surface area contributed by atoms with E-state index in [-0.39, 0.29) is 18.0 Å². The van der Waals surface area contributed by atoms with Crippen molar-refractivity contribution in [3.8, 4) is 0 Å². The number of carbonyl (C=O) groups is 1.